The van der Waals surface area contributed by atoms with Gasteiger partial charge in [0.25, 0.3) is 0 Å². The van der Waals surface area contributed by atoms with Crippen LogP contribution in [0, 0.1) is 0 Å². The Bertz CT molecular complexity index is 3520. The molecule has 0 radical (unpaired) electrons. The van der Waals surface area contributed by atoms with Gasteiger partial charge in [0.2, 0.25) is 0 Å². The molecule has 0 aliphatic heterocycles. The minimum atomic E-state index is -0.605. The number of para-hydroxylation sites is 5. The number of rotatable bonds is 7. The van der Waals surface area contributed by atoms with Gasteiger partial charge in [-0.3, -0.25) is 0 Å². The lowest BCUT2D eigenvalue weighted by atomic mass is 9.70. The van der Waals surface area contributed by atoms with Gasteiger partial charge in [0.05, 0.1) is 22.3 Å². The average molecular weight is 816 g/mol. The molecule has 1 aromatic heterocycles. The van der Waals surface area contributed by atoms with Gasteiger partial charge in [0.15, 0.2) is 0 Å². The highest BCUT2D eigenvalue weighted by atomic mass is 15.2. The smallest absolute Gasteiger partial charge is 0.0727 e. The Labute approximate surface area is 372 Å². The molecule has 0 amide bonds. The summed E-state index contributed by atoms with van der Waals surface area (Å²) in [5, 5.41) is 2.43. The highest BCUT2D eigenvalue weighted by Crippen LogP contribution is 2.65. The fourth-order valence-electron chi connectivity index (χ4n) is 11.0. The van der Waals surface area contributed by atoms with E-state index in [0.717, 1.165) is 45.2 Å². The summed E-state index contributed by atoms with van der Waals surface area (Å²) in [6, 6.07) is 89.1. The first kappa shape index (κ1) is 36.3. The van der Waals surface area contributed by atoms with E-state index in [2.05, 4.69) is 257 Å². The van der Waals surface area contributed by atoms with Gasteiger partial charge in [0.1, 0.15) is 0 Å². The predicted octanol–water partition coefficient (Wildman–Crippen LogP) is 16.3. The summed E-state index contributed by atoms with van der Waals surface area (Å²) in [6.45, 7) is 0. The van der Waals surface area contributed by atoms with Crippen LogP contribution in [-0.2, 0) is 5.41 Å². The topological polar surface area (TPSA) is 22.3 Å². The summed E-state index contributed by atoms with van der Waals surface area (Å²) < 4.78 is 0. The van der Waals surface area contributed by atoms with Gasteiger partial charge in [-0.1, -0.05) is 170 Å². The van der Waals surface area contributed by atoms with Crippen molar-refractivity contribution in [2.75, 3.05) is 9.80 Å². The number of H-pyrrole nitrogens is 1. The first-order valence-electron chi connectivity index (χ1n) is 22.1. The molecule has 300 valence electrons. The maximum atomic E-state index is 3.82. The molecule has 0 saturated heterocycles. The lowest BCUT2D eigenvalue weighted by molar-refractivity contribution is 0.793. The summed E-state index contributed by atoms with van der Waals surface area (Å²) in [4.78, 5) is 8.70. The Hall–Kier alpha value is -8.40. The molecule has 0 bridgehead atoms. The van der Waals surface area contributed by atoms with Crippen molar-refractivity contribution in [2.24, 2.45) is 0 Å². The van der Waals surface area contributed by atoms with Crippen LogP contribution in [0.1, 0.15) is 22.3 Å². The molecule has 2 aliphatic rings. The molecule has 64 heavy (non-hydrogen) atoms. The number of nitrogens with one attached hydrogen (secondary N) is 1. The van der Waals surface area contributed by atoms with E-state index in [1.165, 1.54) is 66.4 Å². The first-order chi connectivity index (χ1) is 31.8. The van der Waals surface area contributed by atoms with E-state index in [1.807, 2.05) is 0 Å². The minimum Gasteiger partial charge on any atom is -0.353 e. The standard InChI is InChI=1S/C61H41N3/c1-5-20-41(21-6-1)51-39-52-47-29-14-17-33-54(47)61(56(52)40-59(51)63(42-22-7-2-8-23-42)43-24-9-3-10-25-43)53-32-16-13-28-46(53)48-37-36-45(38-55(48)61)64(44-26-11-4-12-27-44)58-35-19-31-50-49-30-15-18-34-57(49)62-60(50)58/h1-40,62H. The molecule has 3 nitrogen and oxygen atoms in total. The Morgan fingerprint density at radius 3 is 1.45 bits per heavy atom. The second kappa shape index (κ2) is 14.3. The predicted molar refractivity (Wildman–Crippen MR) is 267 cm³/mol. The van der Waals surface area contributed by atoms with Crippen molar-refractivity contribution in [1.82, 2.24) is 4.98 Å². The molecule has 3 heteroatoms. The number of fused-ring (bicyclic) bond motifs is 13. The van der Waals surface area contributed by atoms with Gasteiger partial charge in [-0.05, 0) is 123 Å². The van der Waals surface area contributed by atoms with E-state index in [4.69, 9.17) is 0 Å². The third kappa shape index (κ3) is 5.28. The highest BCUT2D eigenvalue weighted by Gasteiger charge is 2.52. The van der Waals surface area contributed by atoms with Crippen LogP contribution in [0.25, 0.3) is 55.2 Å². The van der Waals surface area contributed by atoms with Crippen molar-refractivity contribution in [3.8, 4) is 33.4 Å². The number of hydrogen-bond acceptors (Lipinski definition) is 2. The zero-order chi connectivity index (χ0) is 42.2. The molecule has 0 saturated carbocycles. The van der Waals surface area contributed by atoms with Crippen LogP contribution < -0.4 is 9.80 Å². The lowest BCUT2D eigenvalue weighted by Crippen LogP contribution is -2.26. The summed E-state index contributed by atoms with van der Waals surface area (Å²) in [7, 11) is 0. The second-order valence-corrected chi connectivity index (χ2v) is 16.9. The molecular weight excluding hydrogens is 775 g/mol. The van der Waals surface area contributed by atoms with Gasteiger partial charge >= 0.3 is 0 Å². The van der Waals surface area contributed by atoms with Gasteiger partial charge < -0.3 is 14.8 Å². The van der Waals surface area contributed by atoms with Crippen molar-refractivity contribution in [3.63, 3.8) is 0 Å². The number of aromatic amines is 1. The maximum absolute atomic E-state index is 3.82. The Kier molecular flexibility index (Phi) is 8.13. The molecule has 13 rings (SSSR count). The van der Waals surface area contributed by atoms with Crippen LogP contribution in [0.4, 0.5) is 34.1 Å². The Balaban J connectivity index is 1.12. The highest BCUT2D eigenvalue weighted by molar-refractivity contribution is 6.12. The summed E-state index contributed by atoms with van der Waals surface area (Å²) in [6.07, 6.45) is 0. The SMILES string of the molecule is c1ccc(-c2cc3c(cc2N(c2ccccc2)c2ccccc2)C2(c4ccccc4-c4ccc(N(c5ccccc5)c5cccc6c5[nH]c5ccccc56)cc42)c2ccccc2-3)cc1. The van der Waals surface area contributed by atoms with E-state index in [1.54, 1.807) is 0 Å². The number of aromatic nitrogens is 1. The number of nitrogens with zero attached hydrogens (tertiary/aromatic N) is 2. The molecule has 2 aliphatic carbocycles. The molecule has 1 N–H and O–H groups in total. The monoisotopic (exact) mass is 815 g/mol. The molecule has 10 aromatic carbocycles. The van der Waals surface area contributed by atoms with Crippen molar-refractivity contribution in [3.05, 3.63) is 265 Å². The number of anilines is 6. The van der Waals surface area contributed by atoms with Crippen LogP contribution in [0.2, 0.25) is 0 Å². The van der Waals surface area contributed by atoms with E-state index in [-0.39, 0.29) is 0 Å². The van der Waals surface area contributed by atoms with Crippen molar-refractivity contribution in [2.45, 2.75) is 5.41 Å². The number of hydrogen-bond donors (Lipinski definition) is 1. The quantitative estimate of drug-likeness (QED) is 0.173. The van der Waals surface area contributed by atoms with Gasteiger partial charge in [0, 0.05) is 44.6 Å². The zero-order valence-electron chi connectivity index (χ0n) is 35.0. The van der Waals surface area contributed by atoms with Crippen molar-refractivity contribution < 1.29 is 0 Å². The molecule has 1 spiro atoms. The fourth-order valence-corrected chi connectivity index (χ4v) is 11.0. The fraction of sp³-hybridized carbons (Fsp3) is 0.0164. The van der Waals surface area contributed by atoms with E-state index < -0.39 is 5.41 Å². The summed E-state index contributed by atoms with van der Waals surface area (Å²) in [5.74, 6) is 0. The number of benzene rings is 10. The average Bonchev–Trinajstić information content (AvgIpc) is 3.99. The van der Waals surface area contributed by atoms with E-state index in [0.29, 0.717) is 0 Å². The van der Waals surface area contributed by atoms with E-state index >= 15 is 0 Å². The van der Waals surface area contributed by atoms with Crippen LogP contribution in [0.15, 0.2) is 243 Å². The van der Waals surface area contributed by atoms with Crippen LogP contribution >= 0.6 is 0 Å². The summed E-state index contributed by atoms with van der Waals surface area (Å²) in [5.41, 5.74) is 20.9. The van der Waals surface area contributed by atoms with Crippen molar-refractivity contribution >= 4 is 55.9 Å². The Morgan fingerprint density at radius 2 is 0.797 bits per heavy atom. The third-order valence-corrected chi connectivity index (χ3v) is 13.6. The van der Waals surface area contributed by atoms with Crippen LogP contribution in [0.3, 0.4) is 0 Å². The van der Waals surface area contributed by atoms with Crippen LogP contribution in [-0.4, -0.2) is 4.98 Å². The first-order valence-corrected chi connectivity index (χ1v) is 22.1. The molecule has 0 fully saturated rings. The Morgan fingerprint density at radius 1 is 0.297 bits per heavy atom. The van der Waals surface area contributed by atoms with Crippen molar-refractivity contribution in [1.29, 1.82) is 0 Å². The van der Waals surface area contributed by atoms with Gasteiger partial charge in [-0.25, -0.2) is 0 Å². The largest absolute Gasteiger partial charge is 0.353 e. The molecule has 11 aromatic rings. The van der Waals surface area contributed by atoms with Crippen LogP contribution in [0.5, 0.6) is 0 Å². The molecular formula is C61H41N3. The second-order valence-electron chi connectivity index (χ2n) is 16.9. The molecule has 1 unspecified atom stereocenters. The minimum absolute atomic E-state index is 0.605. The van der Waals surface area contributed by atoms with Gasteiger partial charge in [-0.15, -0.1) is 0 Å². The molecule has 1 atom stereocenters. The lowest BCUT2D eigenvalue weighted by Gasteiger charge is -2.34. The maximum Gasteiger partial charge on any atom is 0.0727 e. The zero-order valence-corrected chi connectivity index (χ0v) is 35.0. The third-order valence-electron chi connectivity index (χ3n) is 13.6. The van der Waals surface area contributed by atoms with Gasteiger partial charge in [-0.2, -0.15) is 0 Å². The normalized spacial score (nSPS) is 14.3. The molecule has 1 heterocycles. The van der Waals surface area contributed by atoms with E-state index in [9.17, 15) is 0 Å². The summed E-state index contributed by atoms with van der Waals surface area (Å²) >= 11 is 0.